The maximum absolute atomic E-state index is 10.4. The van der Waals surface area contributed by atoms with Gasteiger partial charge in [-0.05, 0) is 19.1 Å². The van der Waals surface area contributed by atoms with Gasteiger partial charge < -0.3 is 24.4 Å². The van der Waals surface area contributed by atoms with E-state index in [-0.39, 0.29) is 17.1 Å². The summed E-state index contributed by atoms with van der Waals surface area (Å²) in [5.74, 6) is -1.68. The minimum Gasteiger partial charge on any atom is -0.504 e. The van der Waals surface area contributed by atoms with Gasteiger partial charge in [0, 0.05) is 14.2 Å². The van der Waals surface area contributed by atoms with Crippen molar-refractivity contribution in [1.82, 2.24) is 0 Å². The predicted octanol–water partition coefficient (Wildman–Crippen LogP) is 1.91. The van der Waals surface area contributed by atoms with E-state index < -0.39 is 11.9 Å². The maximum atomic E-state index is 10.4. The SMILES string of the molecule is COC(C)(OC)c1cccc(OC(=O)O)c1O. The van der Waals surface area contributed by atoms with Gasteiger partial charge in [-0.15, -0.1) is 0 Å². The lowest BCUT2D eigenvalue weighted by molar-refractivity contribution is -0.202. The molecule has 0 radical (unpaired) electrons. The molecule has 1 rings (SSSR count). The minimum atomic E-state index is -1.51. The average molecular weight is 242 g/mol. The van der Waals surface area contributed by atoms with Crippen molar-refractivity contribution in [2.75, 3.05) is 14.2 Å². The van der Waals surface area contributed by atoms with Crippen molar-refractivity contribution in [3.8, 4) is 11.5 Å². The second-order valence-electron chi connectivity index (χ2n) is 3.37. The van der Waals surface area contributed by atoms with Crippen molar-refractivity contribution in [3.05, 3.63) is 23.8 Å². The molecule has 0 saturated heterocycles. The van der Waals surface area contributed by atoms with E-state index >= 15 is 0 Å². The molecule has 1 aromatic rings. The molecule has 2 N–H and O–H groups in total. The van der Waals surface area contributed by atoms with Crippen LogP contribution < -0.4 is 4.74 Å². The Hall–Kier alpha value is -1.79. The Morgan fingerprint density at radius 1 is 1.29 bits per heavy atom. The molecule has 0 amide bonds. The number of carboxylic acid groups (broad SMARTS) is 1. The van der Waals surface area contributed by atoms with Gasteiger partial charge in [0.1, 0.15) is 0 Å². The Morgan fingerprint density at radius 2 is 1.88 bits per heavy atom. The third kappa shape index (κ3) is 2.66. The van der Waals surface area contributed by atoms with Crippen LogP contribution in [0.15, 0.2) is 18.2 Å². The van der Waals surface area contributed by atoms with Crippen molar-refractivity contribution in [1.29, 1.82) is 0 Å². The van der Waals surface area contributed by atoms with Gasteiger partial charge in [-0.25, -0.2) is 4.79 Å². The fourth-order valence-electron chi connectivity index (χ4n) is 1.37. The average Bonchev–Trinajstić information content (AvgIpc) is 2.30. The highest BCUT2D eigenvalue weighted by Gasteiger charge is 2.30. The van der Waals surface area contributed by atoms with Gasteiger partial charge in [-0.2, -0.15) is 0 Å². The molecule has 0 aliphatic rings. The molecule has 0 aromatic heterocycles. The summed E-state index contributed by atoms with van der Waals surface area (Å²) in [7, 11) is 2.82. The van der Waals surface area contributed by atoms with E-state index in [0.29, 0.717) is 0 Å². The smallest absolute Gasteiger partial charge is 0.504 e. The fraction of sp³-hybridized carbons (Fsp3) is 0.364. The summed E-state index contributed by atoms with van der Waals surface area (Å²) in [5, 5.41) is 18.4. The van der Waals surface area contributed by atoms with Crippen LogP contribution in [0.25, 0.3) is 0 Å². The van der Waals surface area contributed by atoms with E-state index in [0.717, 1.165) is 0 Å². The summed E-state index contributed by atoms with van der Waals surface area (Å²) in [6.45, 7) is 1.59. The summed E-state index contributed by atoms with van der Waals surface area (Å²) in [6, 6.07) is 4.42. The van der Waals surface area contributed by atoms with E-state index in [1.807, 2.05) is 0 Å². The van der Waals surface area contributed by atoms with E-state index in [1.165, 1.54) is 26.4 Å². The third-order valence-electron chi connectivity index (χ3n) is 2.46. The van der Waals surface area contributed by atoms with Gasteiger partial charge in [-0.1, -0.05) is 6.07 Å². The summed E-state index contributed by atoms with van der Waals surface area (Å²) in [5.41, 5.74) is 0.279. The van der Waals surface area contributed by atoms with Gasteiger partial charge in [0.25, 0.3) is 0 Å². The number of ether oxygens (including phenoxy) is 3. The first-order valence-electron chi connectivity index (χ1n) is 4.78. The van der Waals surface area contributed by atoms with Crippen LogP contribution in [0.1, 0.15) is 12.5 Å². The maximum Gasteiger partial charge on any atom is 0.511 e. The second-order valence-corrected chi connectivity index (χ2v) is 3.37. The molecule has 0 spiro atoms. The first-order chi connectivity index (χ1) is 7.94. The third-order valence-corrected chi connectivity index (χ3v) is 2.46. The highest BCUT2D eigenvalue weighted by atomic mass is 16.7. The van der Waals surface area contributed by atoms with Crippen LogP contribution in [0.5, 0.6) is 11.5 Å². The Balaban J connectivity index is 3.22. The lowest BCUT2D eigenvalue weighted by Gasteiger charge is -2.27. The Labute approximate surface area is 98.3 Å². The predicted molar refractivity (Wildman–Crippen MR) is 58.1 cm³/mol. The summed E-state index contributed by atoms with van der Waals surface area (Å²) in [6.07, 6.45) is -1.51. The molecule has 0 saturated carbocycles. The van der Waals surface area contributed by atoms with Crippen molar-refractivity contribution >= 4 is 6.16 Å². The van der Waals surface area contributed by atoms with Crippen LogP contribution >= 0.6 is 0 Å². The summed E-state index contributed by atoms with van der Waals surface area (Å²) >= 11 is 0. The van der Waals surface area contributed by atoms with Crippen LogP contribution in [-0.4, -0.2) is 30.6 Å². The van der Waals surface area contributed by atoms with Gasteiger partial charge in [0.15, 0.2) is 17.3 Å². The molecule has 0 atom stereocenters. The monoisotopic (exact) mass is 242 g/mol. The minimum absolute atomic E-state index is 0.171. The van der Waals surface area contributed by atoms with E-state index in [4.69, 9.17) is 14.6 Å². The lowest BCUT2D eigenvalue weighted by atomic mass is 10.1. The Morgan fingerprint density at radius 3 is 2.35 bits per heavy atom. The quantitative estimate of drug-likeness (QED) is 0.476. The summed E-state index contributed by atoms with van der Waals surface area (Å²) in [4.78, 5) is 10.4. The molecule has 0 fully saturated rings. The number of carbonyl (C=O) groups is 1. The fourth-order valence-corrected chi connectivity index (χ4v) is 1.37. The number of aromatic hydroxyl groups is 1. The van der Waals surface area contributed by atoms with Crippen molar-refractivity contribution in [2.24, 2.45) is 0 Å². The molecule has 0 bridgehead atoms. The number of hydrogen-bond donors (Lipinski definition) is 2. The summed E-state index contributed by atoms with van der Waals surface area (Å²) < 4.78 is 14.7. The molecule has 0 unspecified atom stereocenters. The number of hydrogen-bond acceptors (Lipinski definition) is 5. The van der Waals surface area contributed by atoms with Crippen LogP contribution in [0.4, 0.5) is 4.79 Å². The molecular weight excluding hydrogens is 228 g/mol. The number of phenolic OH excluding ortho intramolecular Hbond substituents is 1. The largest absolute Gasteiger partial charge is 0.511 e. The molecule has 94 valence electrons. The highest BCUT2D eigenvalue weighted by molar-refractivity contribution is 5.63. The zero-order chi connectivity index (χ0) is 13.1. The second kappa shape index (κ2) is 5.03. The molecule has 0 aliphatic carbocycles. The number of methoxy groups -OCH3 is 2. The molecule has 17 heavy (non-hydrogen) atoms. The lowest BCUT2D eigenvalue weighted by Crippen LogP contribution is -2.26. The van der Waals surface area contributed by atoms with Crippen molar-refractivity contribution in [3.63, 3.8) is 0 Å². The first-order valence-corrected chi connectivity index (χ1v) is 4.78. The van der Waals surface area contributed by atoms with Gasteiger partial charge in [0.05, 0.1) is 5.56 Å². The van der Waals surface area contributed by atoms with Crippen LogP contribution in [-0.2, 0) is 15.3 Å². The number of para-hydroxylation sites is 1. The molecule has 1 aromatic carbocycles. The van der Waals surface area contributed by atoms with E-state index in [9.17, 15) is 9.90 Å². The van der Waals surface area contributed by atoms with E-state index in [2.05, 4.69) is 4.74 Å². The molecule has 0 aliphatic heterocycles. The van der Waals surface area contributed by atoms with Gasteiger partial charge in [0.2, 0.25) is 0 Å². The zero-order valence-electron chi connectivity index (χ0n) is 9.76. The van der Waals surface area contributed by atoms with Crippen LogP contribution in [0.2, 0.25) is 0 Å². The Bertz CT molecular complexity index is 410. The number of rotatable bonds is 4. The first kappa shape index (κ1) is 13.3. The normalized spacial score (nSPS) is 11.2. The zero-order valence-corrected chi connectivity index (χ0v) is 9.76. The van der Waals surface area contributed by atoms with Gasteiger partial charge in [-0.3, -0.25) is 0 Å². The van der Waals surface area contributed by atoms with Crippen molar-refractivity contribution in [2.45, 2.75) is 12.7 Å². The van der Waals surface area contributed by atoms with Crippen LogP contribution in [0.3, 0.4) is 0 Å². The highest BCUT2D eigenvalue weighted by Crippen LogP contribution is 2.38. The molecule has 6 heteroatoms. The number of phenols is 1. The molecule has 0 heterocycles. The van der Waals surface area contributed by atoms with Gasteiger partial charge >= 0.3 is 6.16 Å². The van der Waals surface area contributed by atoms with Crippen LogP contribution in [0, 0.1) is 0 Å². The standard InChI is InChI=1S/C11H14O6/c1-11(15-2,16-3)7-5-4-6-8(9(7)12)17-10(13)14/h4-6,12H,1-3H3,(H,13,14). The molecule has 6 nitrogen and oxygen atoms in total. The van der Waals surface area contributed by atoms with Crippen molar-refractivity contribution < 1.29 is 29.2 Å². The topological polar surface area (TPSA) is 85.2 Å². The Kier molecular flexibility index (Phi) is 3.93. The van der Waals surface area contributed by atoms with E-state index in [1.54, 1.807) is 13.0 Å². The molecular formula is C11H14O6. The number of benzene rings is 1.